The molecule has 2 aliphatic heterocycles. The third kappa shape index (κ3) is 8.13. The van der Waals surface area contributed by atoms with E-state index in [0.29, 0.717) is 12.8 Å². The van der Waals surface area contributed by atoms with Crippen molar-refractivity contribution in [2.75, 3.05) is 72.1 Å². The zero-order valence-corrected chi connectivity index (χ0v) is 15.4. The molecule has 2 amide bonds. The molecule has 2 rings (SSSR count). The van der Waals surface area contributed by atoms with E-state index < -0.39 is 0 Å². The van der Waals surface area contributed by atoms with Crippen LogP contribution in [0.4, 0.5) is 0 Å². The minimum absolute atomic E-state index is 0.238. The Morgan fingerprint density at radius 2 is 1.08 bits per heavy atom. The van der Waals surface area contributed by atoms with Crippen LogP contribution in [0.1, 0.15) is 25.7 Å². The van der Waals surface area contributed by atoms with Gasteiger partial charge in [-0.25, -0.2) is 0 Å². The van der Waals surface area contributed by atoms with E-state index in [4.69, 9.17) is 11.5 Å². The van der Waals surface area contributed by atoms with Crippen molar-refractivity contribution in [2.24, 2.45) is 11.5 Å². The molecule has 8 heteroatoms. The highest BCUT2D eigenvalue weighted by molar-refractivity contribution is 5.74. The third-order valence-corrected chi connectivity index (χ3v) is 5.11. The van der Waals surface area contributed by atoms with Gasteiger partial charge in [0, 0.05) is 65.2 Å². The number of carbonyl (C=O) groups excluding carboxylic acids is 2. The molecule has 0 aromatic heterocycles. The number of hydrogen-bond acceptors (Lipinski definition) is 6. The van der Waals surface area contributed by atoms with Gasteiger partial charge < -0.3 is 21.3 Å². The van der Waals surface area contributed by atoms with Crippen molar-refractivity contribution in [3.8, 4) is 0 Å². The maximum absolute atomic E-state index is 11.1. The molecule has 8 nitrogen and oxygen atoms in total. The van der Waals surface area contributed by atoms with E-state index >= 15 is 0 Å². The van der Waals surface area contributed by atoms with Crippen molar-refractivity contribution < 1.29 is 9.59 Å². The lowest BCUT2D eigenvalue weighted by atomic mass is 10.2. The maximum Gasteiger partial charge on any atom is 0.218 e. The smallest absolute Gasteiger partial charge is 0.218 e. The van der Waals surface area contributed by atoms with Crippen molar-refractivity contribution in [1.82, 2.24) is 19.6 Å². The second-order valence-electron chi connectivity index (χ2n) is 7.20. The van der Waals surface area contributed by atoms with Gasteiger partial charge in [-0.3, -0.25) is 19.4 Å². The van der Waals surface area contributed by atoms with Crippen LogP contribution in [0.25, 0.3) is 0 Å². The number of carbonyl (C=O) groups is 2. The average Bonchev–Trinajstić information content (AvgIpc) is 2.57. The van der Waals surface area contributed by atoms with Gasteiger partial charge in [0.15, 0.2) is 0 Å². The highest BCUT2D eigenvalue weighted by Gasteiger charge is 2.20. The summed E-state index contributed by atoms with van der Waals surface area (Å²) in [4.78, 5) is 31.9. The normalized spacial score (nSPS) is 27.2. The second kappa shape index (κ2) is 10.7. The quantitative estimate of drug-likeness (QED) is 0.616. The van der Waals surface area contributed by atoms with Gasteiger partial charge in [0.1, 0.15) is 0 Å². The Labute approximate surface area is 151 Å². The summed E-state index contributed by atoms with van der Waals surface area (Å²) in [6.45, 7) is 10.7. The van der Waals surface area contributed by atoms with Gasteiger partial charge in [0.2, 0.25) is 11.8 Å². The third-order valence-electron chi connectivity index (χ3n) is 5.11. The molecule has 0 saturated carbocycles. The Bertz CT molecular complexity index is 397. The lowest BCUT2D eigenvalue weighted by Gasteiger charge is -2.38. The molecule has 25 heavy (non-hydrogen) atoms. The molecule has 2 atom stereocenters. The first-order valence-corrected chi connectivity index (χ1v) is 9.49. The topological polar surface area (TPSA) is 99.1 Å². The first-order valence-electron chi connectivity index (χ1n) is 9.49. The van der Waals surface area contributed by atoms with Crippen molar-refractivity contribution in [2.45, 2.75) is 25.7 Å². The van der Waals surface area contributed by atoms with Crippen LogP contribution in [0.2, 0.25) is 0 Å². The largest absolute Gasteiger partial charge is 0.370 e. The van der Waals surface area contributed by atoms with Crippen LogP contribution in [0.15, 0.2) is 0 Å². The SMILES string of the molecule is NC(=O)CCN1CCCN(CCC(N)=O)CCN2CCCN(CC1)C2. The molecular weight excluding hydrogens is 320 g/mol. The number of nitrogens with two attached hydrogens (primary N) is 2. The van der Waals surface area contributed by atoms with Crippen molar-refractivity contribution >= 4 is 11.8 Å². The van der Waals surface area contributed by atoms with Gasteiger partial charge in [0.25, 0.3) is 0 Å². The molecule has 2 aliphatic rings. The predicted octanol–water partition coefficient (Wildman–Crippen LogP) is -1.29. The monoisotopic (exact) mass is 354 g/mol. The molecule has 4 N–H and O–H groups in total. The van der Waals surface area contributed by atoms with Crippen LogP contribution in [-0.2, 0) is 9.59 Å². The summed E-state index contributed by atoms with van der Waals surface area (Å²) in [5, 5.41) is 0. The van der Waals surface area contributed by atoms with E-state index in [1.54, 1.807) is 0 Å². The van der Waals surface area contributed by atoms with E-state index in [2.05, 4.69) is 19.6 Å². The minimum Gasteiger partial charge on any atom is -0.370 e. The Morgan fingerprint density at radius 1 is 0.640 bits per heavy atom. The number of nitrogens with zero attached hydrogens (tertiary/aromatic N) is 4. The van der Waals surface area contributed by atoms with E-state index in [1.165, 1.54) is 6.42 Å². The lowest BCUT2D eigenvalue weighted by Crippen LogP contribution is -2.50. The molecule has 0 radical (unpaired) electrons. The summed E-state index contributed by atoms with van der Waals surface area (Å²) < 4.78 is 0. The fraction of sp³-hybridized carbons (Fsp3) is 0.882. The molecule has 0 spiro atoms. The van der Waals surface area contributed by atoms with Crippen LogP contribution in [0.5, 0.6) is 0 Å². The molecule has 144 valence electrons. The van der Waals surface area contributed by atoms with Gasteiger partial charge in [0.05, 0.1) is 6.67 Å². The first kappa shape index (κ1) is 20.1. The number of hydrogen-bond donors (Lipinski definition) is 2. The lowest BCUT2D eigenvalue weighted by molar-refractivity contribution is -0.119. The summed E-state index contributed by atoms with van der Waals surface area (Å²) >= 11 is 0. The minimum atomic E-state index is -0.238. The van der Waals surface area contributed by atoms with Crippen LogP contribution >= 0.6 is 0 Å². The van der Waals surface area contributed by atoms with Gasteiger partial charge in [-0.1, -0.05) is 0 Å². The molecule has 0 aromatic carbocycles. The van der Waals surface area contributed by atoms with E-state index in [1.807, 2.05) is 0 Å². The first-order chi connectivity index (χ1) is 12.0. The molecular formula is C17H34N6O2. The molecule has 2 bridgehead atoms. The Morgan fingerprint density at radius 3 is 1.52 bits per heavy atom. The summed E-state index contributed by atoms with van der Waals surface area (Å²) in [5.74, 6) is -0.475. The van der Waals surface area contributed by atoms with Crippen molar-refractivity contribution in [1.29, 1.82) is 0 Å². The molecule has 2 heterocycles. The number of rotatable bonds is 6. The van der Waals surface area contributed by atoms with Gasteiger partial charge in [-0.2, -0.15) is 0 Å². The van der Waals surface area contributed by atoms with Crippen LogP contribution in [0.3, 0.4) is 0 Å². The van der Waals surface area contributed by atoms with E-state index in [0.717, 1.165) is 78.5 Å². The number of amides is 2. The molecule has 2 saturated heterocycles. The standard InChI is InChI=1S/C17H34N6O2/c18-16(24)3-9-20-5-1-6-21(10-4-17(19)25)12-14-23-8-2-7-22(15-23)13-11-20/h1-15H2,(H2,18,24)(H2,19,25). The van der Waals surface area contributed by atoms with E-state index in [9.17, 15) is 9.59 Å². The summed E-state index contributed by atoms with van der Waals surface area (Å²) in [7, 11) is 0. The van der Waals surface area contributed by atoms with Crippen LogP contribution in [0, 0.1) is 0 Å². The molecule has 0 aliphatic carbocycles. The van der Waals surface area contributed by atoms with Gasteiger partial charge >= 0.3 is 0 Å². The number of fused-ring (bicyclic) bond motifs is 2. The van der Waals surface area contributed by atoms with Gasteiger partial charge in [-0.05, 0) is 25.9 Å². The molecule has 0 aromatic rings. The Kier molecular flexibility index (Phi) is 8.60. The zero-order valence-electron chi connectivity index (χ0n) is 15.4. The number of primary amides is 2. The average molecular weight is 354 g/mol. The summed E-state index contributed by atoms with van der Waals surface area (Å²) in [6, 6.07) is 0. The molecule has 2 unspecified atom stereocenters. The fourth-order valence-electron chi connectivity index (χ4n) is 3.60. The highest BCUT2D eigenvalue weighted by atomic mass is 16.1. The summed E-state index contributed by atoms with van der Waals surface area (Å²) in [5.41, 5.74) is 10.6. The Hall–Kier alpha value is -1.22. The Balaban J connectivity index is 1.93. The van der Waals surface area contributed by atoms with Crippen molar-refractivity contribution in [3.05, 3.63) is 0 Å². The second-order valence-corrected chi connectivity index (χ2v) is 7.20. The fourth-order valence-corrected chi connectivity index (χ4v) is 3.60. The van der Waals surface area contributed by atoms with Crippen LogP contribution in [-0.4, -0.2) is 104 Å². The maximum atomic E-state index is 11.1. The summed E-state index contributed by atoms with van der Waals surface area (Å²) in [6.07, 6.45) is 3.05. The van der Waals surface area contributed by atoms with E-state index in [-0.39, 0.29) is 11.8 Å². The highest BCUT2D eigenvalue weighted by Crippen LogP contribution is 2.08. The van der Waals surface area contributed by atoms with Gasteiger partial charge in [-0.15, -0.1) is 0 Å². The molecule has 2 fully saturated rings. The van der Waals surface area contributed by atoms with Crippen molar-refractivity contribution in [3.63, 3.8) is 0 Å². The zero-order chi connectivity index (χ0) is 18.1. The van der Waals surface area contributed by atoms with Crippen LogP contribution < -0.4 is 11.5 Å². The predicted molar refractivity (Wildman–Crippen MR) is 97.7 cm³/mol.